The molecule has 4 aromatic rings. The van der Waals surface area contributed by atoms with Crippen molar-refractivity contribution in [3.8, 4) is 11.3 Å². The van der Waals surface area contributed by atoms with Crippen molar-refractivity contribution in [2.45, 2.75) is 12.5 Å². The summed E-state index contributed by atoms with van der Waals surface area (Å²) in [5.74, 6) is 1.66. The molecule has 3 aromatic heterocycles. The lowest BCUT2D eigenvalue weighted by molar-refractivity contribution is -0.117. The number of aromatic amines is 1. The van der Waals surface area contributed by atoms with Crippen molar-refractivity contribution in [1.29, 1.82) is 0 Å². The number of morpholine rings is 1. The fourth-order valence-corrected chi connectivity index (χ4v) is 4.86. The SMILES string of the molecule is C=CC(=O)NC1CN(c2ccnc(CC(=O)Nc3ccc(-c4cc5c(N6CCOCC6)ncnc5[nH]4)cc3)n2)C1. The summed E-state index contributed by atoms with van der Waals surface area (Å²) >= 11 is 0. The van der Waals surface area contributed by atoms with Gasteiger partial charge in [-0.25, -0.2) is 19.9 Å². The molecule has 12 nitrogen and oxygen atoms in total. The van der Waals surface area contributed by atoms with Crippen LogP contribution in [0.5, 0.6) is 0 Å². The Bertz CT molecular complexity index is 1540. The maximum Gasteiger partial charge on any atom is 0.243 e. The second kappa shape index (κ2) is 11.1. The third-order valence-corrected chi connectivity index (χ3v) is 6.94. The zero-order valence-electron chi connectivity index (χ0n) is 21.8. The molecular formula is C28H29N9O3. The van der Waals surface area contributed by atoms with E-state index >= 15 is 0 Å². The highest BCUT2D eigenvalue weighted by Crippen LogP contribution is 2.29. The van der Waals surface area contributed by atoms with Crippen LogP contribution in [0.2, 0.25) is 0 Å². The van der Waals surface area contributed by atoms with Gasteiger partial charge in [-0.05, 0) is 35.9 Å². The van der Waals surface area contributed by atoms with Crippen LogP contribution in [0.1, 0.15) is 5.82 Å². The van der Waals surface area contributed by atoms with Crippen LogP contribution in [0.4, 0.5) is 17.3 Å². The van der Waals surface area contributed by atoms with Crippen molar-refractivity contribution < 1.29 is 14.3 Å². The van der Waals surface area contributed by atoms with Gasteiger partial charge in [0.1, 0.15) is 29.4 Å². The van der Waals surface area contributed by atoms with E-state index in [1.807, 2.05) is 29.2 Å². The molecule has 2 saturated heterocycles. The summed E-state index contributed by atoms with van der Waals surface area (Å²) in [5, 5.41) is 6.74. The summed E-state index contributed by atoms with van der Waals surface area (Å²) in [7, 11) is 0. The van der Waals surface area contributed by atoms with E-state index in [1.54, 1.807) is 18.6 Å². The van der Waals surface area contributed by atoms with Gasteiger partial charge < -0.3 is 30.2 Å². The Hall–Kier alpha value is -4.84. The zero-order chi connectivity index (χ0) is 27.5. The van der Waals surface area contributed by atoms with Gasteiger partial charge in [0, 0.05) is 43.8 Å². The van der Waals surface area contributed by atoms with E-state index in [0.717, 1.165) is 47.0 Å². The Balaban J connectivity index is 1.07. The van der Waals surface area contributed by atoms with Crippen molar-refractivity contribution in [2.75, 3.05) is 54.5 Å². The Morgan fingerprint density at radius 1 is 1.07 bits per heavy atom. The maximum atomic E-state index is 12.7. The minimum absolute atomic E-state index is 0.0467. The van der Waals surface area contributed by atoms with Gasteiger partial charge in [-0.2, -0.15) is 0 Å². The molecule has 0 spiro atoms. The third-order valence-electron chi connectivity index (χ3n) is 6.94. The summed E-state index contributed by atoms with van der Waals surface area (Å²) in [4.78, 5) is 49.5. The molecule has 204 valence electrons. The zero-order valence-corrected chi connectivity index (χ0v) is 21.8. The van der Waals surface area contributed by atoms with Gasteiger partial charge in [0.15, 0.2) is 0 Å². The number of hydrogen-bond acceptors (Lipinski definition) is 9. The van der Waals surface area contributed by atoms with Crippen LogP contribution in [0.15, 0.2) is 61.6 Å². The topological polar surface area (TPSA) is 141 Å². The van der Waals surface area contributed by atoms with E-state index in [2.05, 4.69) is 53.1 Å². The molecule has 0 atom stereocenters. The van der Waals surface area contributed by atoms with Crippen LogP contribution in [0.25, 0.3) is 22.3 Å². The van der Waals surface area contributed by atoms with E-state index in [0.29, 0.717) is 37.8 Å². The number of carbonyl (C=O) groups excluding carboxylic acids is 2. The Labute approximate surface area is 230 Å². The lowest BCUT2D eigenvalue weighted by Crippen LogP contribution is -2.59. The summed E-state index contributed by atoms with van der Waals surface area (Å²) in [6.07, 6.45) is 4.53. The standard InChI is InChI=1S/C28H29N9O3/c1-2-25(38)33-20-15-37(16-20)24-7-8-29-23(35-24)14-26(39)32-19-5-3-18(4-6-19)22-13-21-27(34-22)30-17-31-28(21)36-9-11-40-12-10-36/h2-8,13,17,20H,1,9-12,14-16H2,(H,32,39)(H,33,38)(H,30,31,34). The van der Waals surface area contributed by atoms with Gasteiger partial charge in [0.25, 0.3) is 0 Å². The van der Waals surface area contributed by atoms with Crippen LogP contribution < -0.4 is 20.4 Å². The van der Waals surface area contributed by atoms with Crippen LogP contribution in [0, 0.1) is 0 Å². The van der Waals surface area contributed by atoms with Crippen molar-refractivity contribution in [1.82, 2.24) is 30.2 Å². The summed E-state index contributed by atoms with van der Waals surface area (Å²) in [6.45, 7) is 7.72. The highest BCUT2D eigenvalue weighted by atomic mass is 16.5. The fourth-order valence-electron chi connectivity index (χ4n) is 4.86. The Morgan fingerprint density at radius 2 is 1.88 bits per heavy atom. The van der Waals surface area contributed by atoms with Gasteiger partial charge in [-0.15, -0.1) is 0 Å². The van der Waals surface area contributed by atoms with Gasteiger partial charge in [0.2, 0.25) is 11.8 Å². The first-order valence-electron chi connectivity index (χ1n) is 13.1. The highest BCUT2D eigenvalue weighted by molar-refractivity contribution is 5.93. The number of benzene rings is 1. The predicted octanol–water partition coefficient (Wildman–Crippen LogP) is 1.92. The van der Waals surface area contributed by atoms with Gasteiger partial charge in [-0.3, -0.25) is 9.59 Å². The summed E-state index contributed by atoms with van der Waals surface area (Å²) in [5.41, 5.74) is 3.35. The molecule has 0 bridgehead atoms. The number of amides is 2. The molecular weight excluding hydrogens is 510 g/mol. The number of nitrogens with one attached hydrogen (secondary N) is 3. The van der Waals surface area contributed by atoms with Crippen molar-refractivity contribution >= 4 is 40.2 Å². The number of carbonyl (C=O) groups is 2. The quantitative estimate of drug-likeness (QED) is 0.286. The molecule has 0 saturated carbocycles. The second-order valence-electron chi connectivity index (χ2n) is 9.69. The number of fused-ring (bicyclic) bond motifs is 1. The molecule has 12 heteroatoms. The average Bonchev–Trinajstić information content (AvgIpc) is 3.40. The predicted molar refractivity (Wildman–Crippen MR) is 151 cm³/mol. The number of ether oxygens (including phenoxy) is 1. The molecule has 5 heterocycles. The first-order chi connectivity index (χ1) is 19.6. The molecule has 0 radical (unpaired) electrons. The van der Waals surface area contributed by atoms with E-state index < -0.39 is 0 Å². The van der Waals surface area contributed by atoms with Crippen LogP contribution in [-0.2, 0) is 20.7 Å². The molecule has 2 fully saturated rings. The van der Waals surface area contributed by atoms with Crippen molar-refractivity contribution in [2.24, 2.45) is 0 Å². The van der Waals surface area contributed by atoms with E-state index in [-0.39, 0.29) is 24.3 Å². The lowest BCUT2D eigenvalue weighted by atomic mass is 10.1. The molecule has 1 aromatic carbocycles. The Morgan fingerprint density at radius 3 is 2.65 bits per heavy atom. The lowest BCUT2D eigenvalue weighted by Gasteiger charge is -2.40. The van der Waals surface area contributed by atoms with Crippen molar-refractivity contribution in [3.05, 3.63) is 67.4 Å². The molecule has 6 rings (SSSR count). The third kappa shape index (κ3) is 5.47. The van der Waals surface area contributed by atoms with Gasteiger partial charge >= 0.3 is 0 Å². The van der Waals surface area contributed by atoms with E-state index in [1.165, 1.54) is 6.08 Å². The number of hydrogen-bond donors (Lipinski definition) is 3. The fraction of sp³-hybridized carbons (Fsp3) is 0.286. The molecule has 0 aliphatic carbocycles. The van der Waals surface area contributed by atoms with Crippen LogP contribution in [-0.4, -0.2) is 82.2 Å². The summed E-state index contributed by atoms with van der Waals surface area (Å²) in [6, 6.07) is 11.5. The Kier molecular flexibility index (Phi) is 7.06. The second-order valence-corrected chi connectivity index (χ2v) is 9.69. The molecule has 2 amide bonds. The van der Waals surface area contributed by atoms with Crippen LogP contribution >= 0.6 is 0 Å². The minimum Gasteiger partial charge on any atom is -0.378 e. The molecule has 40 heavy (non-hydrogen) atoms. The molecule has 0 unspecified atom stereocenters. The first kappa shape index (κ1) is 25.4. The summed E-state index contributed by atoms with van der Waals surface area (Å²) < 4.78 is 5.47. The average molecular weight is 540 g/mol. The largest absolute Gasteiger partial charge is 0.378 e. The molecule has 2 aliphatic heterocycles. The minimum atomic E-state index is -0.208. The van der Waals surface area contributed by atoms with Gasteiger partial charge in [0.05, 0.1) is 31.1 Å². The monoisotopic (exact) mass is 539 g/mol. The maximum absolute atomic E-state index is 12.7. The van der Waals surface area contributed by atoms with E-state index in [9.17, 15) is 9.59 Å². The van der Waals surface area contributed by atoms with Crippen molar-refractivity contribution in [3.63, 3.8) is 0 Å². The normalized spacial score (nSPS) is 15.5. The molecule has 2 aliphatic rings. The molecule has 3 N–H and O–H groups in total. The first-order valence-corrected chi connectivity index (χ1v) is 13.1. The number of nitrogens with zero attached hydrogens (tertiary/aromatic N) is 6. The number of aromatic nitrogens is 5. The number of rotatable bonds is 8. The van der Waals surface area contributed by atoms with E-state index in [4.69, 9.17) is 4.74 Å². The van der Waals surface area contributed by atoms with Gasteiger partial charge in [-0.1, -0.05) is 18.7 Å². The van der Waals surface area contributed by atoms with Crippen LogP contribution in [0.3, 0.4) is 0 Å². The highest BCUT2D eigenvalue weighted by Gasteiger charge is 2.28. The smallest absolute Gasteiger partial charge is 0.243 e. The number of H-pyrrole nitrogens is 1. The number of anilines is 3.